The number of ether oxygens (including phenoxy) is 3. The summed E-state index contributed by atoms with van der Waals surface area (Å²) in [5.41, 5.74) is 4.07. The zero-order valence-corrected chi connectivity index (χ0v) is 19.6. The Kier molecular flexibility index (Phi) is 6.82. The molecule has 9 nitrogen and oxygen atoms in total. The van der Waals surface area contributed by atoms with Crippen LogP contribution in [0.2, 0.25) is 0 Å². The summed E-state index contributed by atoms with van der Waals surface area (Å²) < 4.78 is 20.0. The SMILES string of the molecule is COc1cccc(OC)c1OCn1ccc(C(=O)Nc2cccc(Cn3nc(C)cc3C)c2)n1. The van der Waals surface area contributed by atoms with Gasteiger partial charge in [-0.15, -0.1) is 0 Å². The van der Waals surface area contributed by atoms with Crippen molar-refractivity contribution in [3.8, 4) is 17.2 Å². The molecule has 0 radical (unpaired) electrons. The Bertz CT molecular complexity index is 1270. The lowest BCUT2D eigenvalue weighted by Gasteiger charge is -2.13. The molecule has 1 N–H and O–H groups in total. The number of amides is 1. The van der Waals surface area contributed by atoms with Crippen molar-refractivity contribution in [3.05, 3.63) is 83.4 Å². The maximum absolute atomic E-state index is 12.7. The highest BCUT2D eigenvalue weighted by molar-refractivity contribution is 6.02. The van der Waals surface area contributed by atoms with Gasteiger partial charge in [-0.3, -0.25) is 9.48 Å². The van der Waals surface area contributed by atoms with Crippen LogP contribution in [-0.2, 0) is 13.3 Å². The Balaban J connectivity index is 1.40. The fourth-order valence-electron chi connectivity index (χ4n) is 3.60. The van der Waals surface area contributed by atoms with Crippen molar-refractivity contribution in [1.29, 1.82) is 0 Å². The van der Waals surface area contributed by atoms with Crippen molar-refractivity contribution in [2.24, 2.45) is 0 Å². The van der Waals surface area contributed by atoms with Gasteiger partial charge in [-0.1, -0.05) is 18.2 Å². The maximum atomic E-state index is 12.7. The summed E-state index contributed by atoms with van der Waals surface area (Å²) in [7, 11) is 3.12. The molecule has 9 heteroatoms. The number of methoxy groups -OCH3 is 2. The van der Waals surface area contributed by atoms with Gasteiger partial charge in [0.25, 0.3) is 5.91 Å². The molecule has 2 aromatic heterocycles. The van der Waals surface area contributed by atoms with E-state index in [1.165, 1.54) is 4.68 Å². The Morgan fingerprint density at radius 3 is 2.38 bits per heavy atom. The highest BCUT2D eigenvalue weighted by Gasteiger charge is 2.14. The molecule has 0 fully saturated rings. The molecule has 0 aliphatic heterocycles. The molecule has 0 saturated carbocycles. The fourth-order valence-corrected chi connectivity index (χ4v) is 3.60. The normalized spacial score (nSPS) is 10.7. The summed E-state index contributed by atoms with van der Waals surface area (Å²) in [5.74, 6) is 1.25. The van der Waals surface area contributed by atoms with E-state index in [9.17, 15) is 4.79 Å². The lowest BCUT2D eigenvalue weighted by atomic mass is 10.2. The van der Waals surface area contributed by atoms with Crippen LogP contribution in [0.5, 0.6) is 17.2 Å². The average molecular weight is 462 g/mol. The van der Waals surface area contributed by atoms with Crippen molar-refractivity contribution in [3.63, 3.8) is 0 Å². The van der Waals surface area contributed by atoms with Gasteiger partial charge in [-0.2, -0.15) is 10.2 Å². The van der Waals surface area contributed by atoms with E-state index >= 15 is 0 Å². The Morgan fingerprint density at radius 2 is 1.71 bits per heavy atom. The zero-order valence-electron chi connectivity index (χ0n) is 19.6. The summed E-state index contributed by atoms with van der Waals surface area (Å²) in [6.45, 7) is 4.71. The van der Waals surface area contributed by atoms with Crippen molar-refractivity contribution in [2.45, 2.75) is 27.1 Å². The topological polar surface area (TPSA) is 92.4 Å². The molecular weight excluding hydrogens is 434 g/mol. The second-order valence-electron chi connectivity index (χ2n) is 7.74. The van der Waals surface area contributed by atoms with Crippen LogP contribution in [0.25, 0.3) is 0 Å². The maximum Gasteiger partial charge on any atom is 0.276 e. The minimum atomic E-state index is -0.308. The van der Waals surface area contributed by atoms with Gasteiger partial charge in [0.05, 0.1) is 26.5 Å². The standard InChI is InChI=1S/C25H27N5O4/c1-17-13-18(2)30(27-17)15-19-7-5-8-20(14-19)26-25(31)21-11-12-29(28-21)16-34-24-22(32-3)9-6-10-23(24)33-4/h5-14H,15-16H2,1-4H3,(H,26,31). The van der Waals surface area contributed by atoms with Gasteiger partial charge in [0, 0.05) is 17.6 Å². The minimum Gasteiger partial charge on any atom is -0.493 e. The number of benzene rings is 2. The smallest absolute Gasteiger partial charge is 0.276 e. The van der Waals surface area contributed by atoms with E-state index in [-0.39, 0.29) is 18.3 Å². The first kappa shape index (κ1) is 22.9. The molecule has 4 rings (SSSR count). The van der Waals surface area contributed by atoms with Gasteiger partial charge in [0.1, 0.15) is 0 Å². The minimum absolute atomic E-state index is 0.0855. The number of aromatic nitrogens is 4. The van der Waals surface area contributed by atoms with Gasteiger partial charge in [-0.25, -0.2) is 4.68 Å². The first-order chi connectivity index (χ1) is 16.5. The predicted octanol–water partition coefficient (Wildman–Crippen LogP) is 4.05. The molecule has 2 aromatic carbocycles. The molecule has 0 aliphatic carbocycles. The van der Waals surface area contributed by atoms with Crippen LogP contribution in [-0.4, -0.2) is 39.7 Å². The summed E-state index contributed by atoms with van der Waals surface area (Å²) in [6.07, 6.45) is 1.68. The second-order valence-corrected chi connectivity index (χ2v) is 7.74. The predicted molar refractivity (Wildman–Crippen MR) is 128 cm³/mol. The fraction of sp³-hybridized carbons (Fsp3) is 0.240. The van der Waals surface area contributed by atoms with Crippen LogP contribution < -0.4 is 19.5 Å². The van der Waals surface area contributed by atoms with Crippen LogP contribution in [0.15, 0.2) is 60.8 Å². The average Bonchev–Trinajstić information content (AvgIpc) is 3.43. The van der Waals surface area contributed by atoms with E-state index in [4.69, 9.17) is 14.2 Å². The molecule has 0 saturated heterocycles. The van der Waals surface area contributed by atoms with Crippen LogP contribution in [0.1, 0.15) is 27.4 Å². The first-order valence-corrected chi connectivity index (χ1v) is 10.8. The zero-order chi connectivity index (χ0) is 24.1. The van der Waals surface area contributed by atoms with Crippen molar-refractivity contribution in [2.75, 3.05) is 19.5 Å². The first-order valence-electron chi connectivity index (χ1n) is 10.8. The van der Waals surface area contributed by atoms with Gasteiger partial charge < -0.3 is 19.5 Å². The van der Waals surface area contributed by atoms with Gasteiger partial charge in [-0.05, 0) is 55.8 Å². The number of rotatable bonds is 9. The number of carbonyl (C=O) groups is 1. The molecule has 0 unspecified atom stereocenters. The number of nitrogens with one attached hydrogen (secondary N) is 1. The Labute approximate surface area is 197 Å². The summed E-state index contributed by atoms with van der Waals surface area (Å²) >= 11 is 0. The number of hydrogen-bond acceptors (Lipinski definition) is 6. The number of nitrogens with zero attached hydrogens (tertiary/aromatic N) is 4. The number of para-hydroxylation sites is 1. The Hall–Kier alpha value is -4.27. The molecule has 4 aromatic rings. The van der Waals surface area contributed by atoms with Gasteiger partial charge >= 0.3 is 0 Å². The molecule has 0 bridgehead atoms. The van der Waals surface area contributed by atoms with Crippen molar-refractivity contribution < 1.29 is 19.0 Å². The monoisotopic (exact) mass is 461 g/mol. The van der Waals surface area contributed by atoms with Crippen LogP contribution in [0.4, 0.5) is 5.69 Å². The largest absolute Gasteiger partial charge is 0.493 e. The van der Waals surface area contributed by atoms with E-state index in [0.29, 0.717) is 29.5 Å². The molecule has 1 amide bonds. The number of anilines is 1. The van der Waals surface area contributed by atoms with Crippen molar-refractivity contribution >= 4 is 11.6 Å². The molecular formula is C25H27N5O4. The molecule has 2 heterocycles. The summed E-state index contributed by atoms with van der Waals surface area (Å²) in [6, 6.07) is 16.7. The van der Waals surface area contributed by atoms with Crippen molar-refractivity contribution in [1.82, 2.24) is 19.6 Å². The number of hydrogen-bond donors (Lipinski definition) is 1. The quantitative estimate of drug-likeness (QED) is 0.404. The highest BCUT2D eigenvalue weighted by Crippen LogP contribution is 2.36. The molecule has 0 spiro atoms. The van der Waals surface area contributed by atoms with E-state index in [0.717, 1.165) is 17.0 Å². The van der Waals surface area contributed by atoms with Crippen LogP contribution in [0, 0.1) is 13.8 Å². The lowest BCUT2D eigenvalue weighted by molar-refractivity contribution is 0.102. The van der Waals surface area contributed by atoms with E-state index < -0.39 is 0 Å². The van der Waals surface area contributed by atoms with Crippen LogP contribution >= 0.6 is 0 Å². The molecule has 34 heavy (non-hydrogen) atoms. The van der Waals surface area contributed by atoms with Crippen LogP contribution in [0.3, 0.4) is 0 Å². The summed E-state index contributed by atoms with van der Waals surface area (Å²) in [5, 5.41) is 11.7. The Morgan fingerprint density at radius 1 is 0.971 bits per heavy atom. The van der Waals surface area contributed by atoms with E-state index in [1.807, 2.05) is 54.9 Å². The molecule has 0 aliphatic rings. The molecule has 176 valence electrons. The number of aryl methyl sites for hydroxylation is 2. The van der Waals surface area contributed by atoms with Gasteiger partial charge in [0.2, 0.25) is 5.75 Å². The number of carbonyl (C=O) groups excluding carboxylic acids is 1. The van der Waals surface area contributed by atoms with Gasteiger partial charge in [0.15, 0.2) is 23.9 Å². The lowest BCUT2D eigenvalue weighted by Crippen LogP contribution is -2.14. The summed E-state index contributed by atoms with van der Waals surface area (Å²) in [4.78, 5) is 12.7. The molecule has 0 atom stereocenters. The third-order valence-corrected chi connectivity index (χ3v) is 5.22. The van der Waals surface area contributed by atoms with E-state index in [2.05, 4.69) is 15.5 Å². The highest BCUT2D eigenvalue weighted by atomic mass is 16.5. The second kappa shape index (κ2) is 10.1. The third kappa shape index (κ3) is 5.20. The van der Waals surface area contributed by atoms with E-state index in [1.54, 1.807) is 38.6 Å². The third-order valence-electron chi connectivity index (χ3n) is 5.22.